The molecule has 0 aromatic carbocycles. The summed E-state index contributed by atoms with van der Waals surface area (Å²) in [5.41, 5.74) is 1.48. The van der Waals surface area contributed by atoms with Crippen molar-refractivity contribution in [3.63, 3.8) is 0 Å². The lowest BCUT2D eigenvalue weighted by molar-refractivity contribution is -0.107. The Morgan fingerprint density at radius 3 is 3.00 bits per heavy atom. The second-order valence-corrected chi connectivity index (χ2v) is 7.60. The average Bonchev–Trinajstić information content (AvgIpc) is 2.92. The van der Waals surface area contributed by atoms with E-state index in [1.807, 2.05) is 17.9 Å². The molecule has 0 saturated carbocycles. The number of aromatic nitrogens is 2. The minimum Gasteiger partial charge on any atom is -0.375 e. The van der Waals surface area contributed by atoms with Crippen LogP contribution < -0.4 is 5.32 Å². The molecule has 2 saturated heterocycles. The predicted octanol–water partition coefficient (Wildman–Crippen LogP) is 2.76. The van der Waals surface area contributed by atoms with E-state index >= 15 is 0 Å². The van der Waals surface area contributed by atoms with E-state index in [0.29, 0.717) is 12.0 Å². The Kier molecular flexibility index (Phi) is 4.92. The van der Waals surface area contributed by atoms with Crippen LogP contribution in [0.3, 0.4) is 0 Å². The number of hydrogen-bond donors (Lipinski definition) is 1. The van der Waals surface area contributed by atoms with E-state index in [2.05, 4.69) is 35.3 Å². The summed E-state index contributed by atoms with van der Waals surface area (Å²) in [5, 5.41) is 8.05. The van der Waals surface area contributed by atoms with Crippen molar-refractivity contribution < 1.29 is 4.74 Å². The Bertz CT molecular complexity index is 451. The van der Waals surface area contributed by atoms with Crippen molar-refractivity contribution in [2.45, 2.75) is 44.2 Å². The molecule has 2 fully saturated rings. The van der Waals surface area contributed by atoms with Gasteiger partial charge in [0, 0.05) is 31.5 Å². The lowest BCUT2D eigenvalue weighted by Gasteiger charge is -2.45. The predicted molar refractivity (Wildman–Crippen MR) is 87.6 cm³/mol. The van der Waals surface area contributed by atoms with Crippen LogP contribution in [0.1, 0.15) is 44.2 Å². The van der Waals surface area contributed by atoms with Gasteiger partial charge in [0.05, 0.1) is 11.8 Å². The number of thioether (sulfide) groups is 1. The summed E-state index contributed by atoms with van der Waals surface area (Å²) in [6.07, 6.45) is 8.97. The topological polar surface area (TPSA) is 39.1 Å². The van der Waals surface area contributed by atoms with E-state index < -0.39 is 0 Å². The van der Waals surface area contributed by atoms with Crippen LogP contribution in [0.25, 0.3) is 0 Å². The third-order valence-corrected chi connectivity index (χ3v) is 5.90. The average molecular weight is 309 g/mol. The number of hydrogen-bond acceptors (Lipinski definition) is 4. The normalized spacial score (nSPS) is 26.9. The molecule has 1 spiro atoms. The van der Waals surface area contributed by atoms with Crippen molar-refractivity contribution in [2.75, 3.05) is 24.7 Å². The van der Waals surface area contributed by atoms with Gasteiger partial charge in [-0.15, -0.1) is 0 Å². The van der Waals surface area contributed by atoms with Crippen LogP contribution in [0.4, 0.5) is 0 Å². The van der Waals surface area contributed by atoms with Crippen molar-refractivity contribution in [3.8, 4) is 0 Å². The zero-order valence-corrected chi connectivity index (χ0v) is 14.0. The Hall–Kier alpha value is -0.520. The number of aryl methyl sites for hydroxylation is 1. The highest BCUT2D eigenvalue weighted by molar-refractivity contribution is 7.99. The molecule has 5 heteroatoms. The number of rotatable bonds is 4. The van der Waals surface area contributed by atoms with Crippen molar-refractivity contribution >= 4 is 11.8 Å². The highest BCUT2D eigenvalue weighted by atomic mass is 32.2. The Labute approximate surface area is 132 Å². The van der Waals surface area contributed by atoms with Crippen LogP contribution in [0.5, 0.6) is 0 Å². The molecular weight excluding hydrogens is 282 g/mol. The van der Waals surface area contributed by atoms with Gasteiger partial charge in [0.15, 0.2) is 0 Å². The smallest absolute Gasteiger partial charge is 0.0701 e. The van der Waals surface area contributed by atoms with E-state index in [1.54, 1.807) is 0 Å². The Morgan fingerprint density at radius 2 is 2.33 bits per heavy atom. The fourth-order valence-electron chi connectivity index (χ4n) is 3.82. The molecule has 2 aliphatic heterocycles. The molecule has 21 heavy (non-hydrogen) atoms. The second-order valence-electron chi connectivity index (χ2n) is 6.38. The Balaban J connectivity index is 1.75. The van der Waals surface area contributed by atoms with Crippen molar-refractivity contribution in [2.24, 2.45) is 13.0 Å². The summed E-state index contributed by atoms with van der Waals surface area (Å²) < 4.78 is 8.15. The molecule has 3 heterocycles. The van der Waals surface area contributed by atoms with Gasteiger partial charge in [0.1, 0.15) is 0 Å². The van der Waals surface area contributed by atoms with Gasteiger partial charge in [0.2, 0.25) is 0 Å². The summed E-state index contributed by atoms with van der Waals surface area (Å²) in [7, 11) is 2.00. The van der Waals surface area contributed by atoms with Gasteiger partial charge < -0.3 is 10.1 Å². The summed E-state index contributed by atoms with van der Waals surface area (Å²) in [4.78, 5) is 0. The third kappa shape index (κ3) is 3.46. The number of nitrogens with zero attached hydrogens (tertiary/aromatic N) is 2. The van der Waals surface area contributed by atoms with Crippen molar-refractivity contribution in [1.29, 1.82) is 0 Å². The lowest BCUT2D eigenvalue weighted by atomic mass is 9.77. The maximum atomic E-state index is 6.24. The minimum atomic E-state index is 0.157. The quantitative estimate of drug-likeness (QED) is 0.928. The summed E-state index contributed by atoms with van der Waals surface area (Å²) in [6, 6.07) is 0.416. The van der Waals surface area contributed by atoms with Gasteiger partial charge in [-0.05, 0) is 49.7 Å². The van der Waals surface area contributed by atoms with Gasteiger partial charge in [-0.2, -0.15) is 16.9 Å². The first-order chi connectivity index (χ1) is 10.2. The molecule has 1 aromatic rings. The third-order valence-electron chi connectivity index (χ3n) is 4.91. The molecule has 1 aromatic heterocycles. The van der Waals surface area contributed by atoms with E-state index in [1.165, 1.54) is 36.3 Å². The van der Waals surface area contributed by atoms with Crippen molar-refractivity contribution in [3.05, 3.63) is 18.0 Å². The lowest BCUT2D eigenvalue weighted by Crippen LogP contribution is -2.45. The zero-order valence-electron chi connectivity index (χ0n) is 13.2. The Morgan fingerprint density at radius 1 is 1.52 bits per heavy atom. The maximum absolute atomic E-state index is 6.24. The zero-order chi connectivity index (χ0) is 14.7. The molecule has 0 aliphatic carbocycles. The van der Waals surface area contributed by atoms with Crippen LogP contribution in [0.15, 0.2) is 12.4 Å². The summed E-state index contributed by atoms with van der Waals surface area (Å²) >= 11 is 2.07. The minimum absolute atomic E-state index is 0.157. The maximum Gasteiger partial charge on any atom is 0.0701 e. The monoisotopic (exact) mass is 309 g/mol. The highest BCUT2D eigenvalue weighted by Crippen LogP contribution is 2.43. The first kappa shape index (κ1) is 15.4. The molecule has 2 atom stereocenters. The molecule has 4 nitrogen and oxygen atoms in total. The van der Waals surface area contributed by atoms with E-state index in [0.717, 1.165) is 19.6 Å². The van der Waals surface area contributed by atoms with Crippen LogP contribution >= 0.6 is 11.8 Å². The highest BCUT2D eigenvalue weighted by Gasteiger charge is 2.41. The SMILES string of the molecule is CCNC(c1cnn(C)c1)C1CCOC2(CCSCC2)C1. The molecule has 0 bridgehead atoms. The van der Waals surface area contributed by atoms with Gasteiger partial charge >= 0.3 is 0 Å². The fourth-order valence-corrected chi connectivity index (χ4v) is 5.06. The van der Waals surface area contributed by atoms with Crippen LogP contribution in [0, 0.1) is 5.92 Å². The first-order valence-corrected chi connectivity index (χ1v) is 9.31. The number of nitrogens with one attached hydrogen (secondary N) is 1. The van der Waals surface area contributed by atoms with E-state index in [4.69, 9.17) is 4.74 Å². The molecule has 118 valence electrons. The molecule has 2 aliphatic rings. The molecule has 3 rings (SSSR count). The molecule has 0 amide bonds. The van der Waals surface area contributed by atoms with Gasteiger partial charge in [-0.3, -0.25) is 4.68 Å². The van der Waals surface area contributed by atoms with Crippen LogP contribution in [-0.4, -0.2) is 40.0 Å². The molecule has 1 N–H and O–H groups in total. The van der Waals surface area contributed by atoms with Crippen molar-refractivity contribution in [1.82, 2.24) is 15.1 Å². The molecular formula is C16H27N3OS. The van der Waals surface area contributed by atoms with Crippen LogP contribution in [0.2, 0.25) is 0 Å². The van der Waals surface area contributed by atoms with E-state index in [-0.39, 0.29) is 5.60 Å². The van der Waals surface area contributed by atoms with Gasteiger partial charge in [-0.25, -0.2) is 0 Å². The summed E-state index contributed by atoms with van der Waals surface area (Å²) in [5.74, 6) is 3.17. The largest absolute Gasteiger partial charge is 0.375 e. The molecule has 0 radical (unpaired) electrons. The number of ether oxygens (including phenoxy) is 1. The second kappa shape index (κ2) is 6.71. The fraction of sp³-hybridized carbons (Fsp3) is 0.812. The summed E-state index contributed by atoms with van der Waals surface area (Å²) in [6.45, 7) is 4.10. The molecule has 2 unspecified atom stereocenters. The standard InChI is InChI=1S/C16H27N3OS/c1-3-17-15(14-11-18-19(2)12-14)13-4-7-20-16(10-13)5-8-21-9-6-16/h11-13,15,17H,3-10H2,1-2H3. The van der Waals surface area contributed by atoms with Gasteiger partial charge in [-0.1, -0.05) is 6.92 Å². The van der Waals surface area contributed by atoms with E-state index in [9.17, 15) is 0 Å². The van der Waals surface area contributed by atoms with Crippen LogP contribution in [-0.2, 0) is 11.8 Å². The van der Waals surface area contributed by atoms with Gasteiger partial charge in [0.25, 0.3) is 0 Å². The first-order valence-electron chi connectivity index (χ1n) is 8.16.